The van der Waals surface area contributed by atoms with Gasteiger partial charge in [0.1, 0.15) is 6.04 Å². The first-order valence-electron chi connectivity index (χ1n) is 10.3. The van der Waals surface area contributed by atoms with Crippen molar-refractivity contribution in [3.05, 3.63) is 65.7 Å². The number of carboxylic acids is 1. The van der Waals surface area contributed by atoms with Gasteiger partial charge in [-0.2, -0.15) is 0 Å². The van der Waals surface area contributed by atoms with Gasteiger partial charge in [-0.05, 0) is 40.5 Å². The van der Waals surface area contributed by atoms with Gasteiger partial charge in [-0.15, -0.1) is 0 Å². The monoisotopic (exact) mass is 435 g/mol. The van der Waals surface area contributed by atoms with Crippen molar-refractivity contribution in [2.75, 3.05) is 21.3 Å². The summed E-state index contributed by atoms with van der Waals surface area (Å²) in [5.41, 5.74) is 1.51. The van der Waals surface area contributed by atoms with E-state index in [1.165, 1.54) is 26.2 Å². The number of rotatable bonds is 7. The first kappa shape index (κ1) is 21.5. The van der Waals surface area contributed by atoms with E-state index in [-0.39, 0.29) is 18.7 Å². The third-order valence-corrected chi connectivity index (χ3v) is 5.94. The van der Waals surface area contributed by atoms with E-state index < -0.39 is 18.1 Å². The van der Waals surface area contributed by atoms with Crippen LogP contribution >= 0.6 is 0 Å². The molecular formula is C25H25NO6. The highest BCUT2D eigenvalue weighted by Crippen LogP contribution is 2.45. The lowest BCUT2D eigenvalue weighted by atomic mass is 9.91. The molecule has 0 unspecified atom stereocenters. The highest BCUT2D eigenvalue weighted by atomic mass is 16.5. The molecule has 3 aromatic rings. The highest BCUT2D eigenvalue weighted by Gasteiger charge is 2.42. The molecule has 166 valence electrons. The van der Waals surface area contributed by atoms with Gasteiger partial charge >= 0.3 is 5.97 Å². The molecule has 0 saturated carbocycles. The standard InChI is InChI=1S/C25H25NO6/c1-30-20-13-16(14-21(31-2)24(20)32-3)23(26-19(25(28)29)11-12-22(26)27)18-10-6-8-15-7-4-5-9-17(15)18/h4-10,13-14,19,23H,11-12H2,1-3H3,(H,28,29)/t19-,23+/m0/s1. The number of hydrogen-bond acceptors (Lipinski definition) is 5. The summed E-state index contributed by atoms with van der Waals surface area (Å²) in [6.07, 6.45) is 0.447. The second-order valence-electron chi connectivity index (χ2n) is 7.62. The van der Waals surface area contributed by atoms with Crippen LogP contribution < -0.4 is 14.2 Å². The van der Waals surface area contributed by atoms with Gasteiger partial charge in [0.25, 0.3) is 0 Å². The molecular weight excluding hydrogens is 410 g/mol. The maximum atomic E-state index is 13.0. The summed E-state index contributed by atoms with van der Waals surface area (Å²) in [6.45, 7) is 0. The first-order chi connectivity index (χ1) is 15.5. The number of ether oxygens (including phenoxy) is 3. The number of aliphatic carboxylic acids is 1. The Kier molecular flexibility index (Phi) is 5.90. The van der Waals surface area contributed by atoms with E-state index in [0.717, 1.165) is 16.3 Å². The number of hydrogen-bond donors (Lipinski definition) is 1. The van der Waals surface area contributed by atoms with Crippen LogP contribution in [0.25, 0.3) is 10.8 Å². The zero-order valence-electron chi connectivity index (χ0n) is 18.2. The van der Waals surface area contributed by atoms with Crippen LogP contribution in [0.2, 0.25) is 0 Å². The Hall–Kier alpha value is -3.74. The Balaban J connectivity index is 2.01. The molecule has 1 amide bonds. The summed E-state index contributed by atoms with van der Waals surface area (Å²) in [4.78, 5) is 26.6. The Morgan fingerprint density at radius 1 is 1.00 bits per heavy atom. The SMILES string of the molecule is COc1cc([C@H](c2cccc3ccccc23)N2C(=O)CC[C@H]2C(=O)O)cc(OC)c1OC. The Morgan fingerprint density at radius 2 is 1.66 bits per heavy atom. The Morgan fingerprint density at radius 3 is 2.28 bits per heavy atom. The molecule has 7 nitrogen and oxygen atoms in total. The summed E-state index contributed by atoms with van der Waals surface area (Å²) >= 11 is 0. The van der Waals surface area contributed by atoms with E-state index >= 15 is 0 Å². The maximum absolute atomic E-state index is 13.0. The normalized spacial score (nSPS) is 16.8. The Labute approximate surface area is 186 Å². The molecule has 1 fully saturated rings. The molecule has 32 heavy (non-hydrogen) atoms. The predicted octanol–water partition coefficient (Wildman–Crippen LogP) is 4.03. The third kappa shape index (κ3) is 3.60. The van der Waals surface area contributed by atoms with E-state index in [1.54, 1.807) is 12.1 Å². The van der Waals surface area contributed by atoms with E-state index in [2.05, 4.69) is 0 Å². The van der Waals surface area contributed by atoms with Crippen molar-refractivity contribution in [2.45, 2.75) is 24.9 Å². The molecule has 1 heterocycles. The van der Waals surface area contributed by atoms with Gasteiger partial charge in [0.15, 0.2) is 11.5 Å². The van der Waals surface area contributed by atoms with Crippen molar-refractivity contribution in [3.63, 3.8) is 0 Å². The summed E-state index contributed by atoms with van der Waals surface area (Å²) in [5.74, 6) is 0.0757. The van der Waals surface area contributed by atoms with Crippen molar-refractivity contribution in [1.82, 2.24) is 4.90 Å². The second kappa shape index (κ2) is 8.78. The van der Waals surface area contributed by atoms with Gasteiger partial charge in [-0.1, -0.05) is 42.5 Å². The molecule has 0 radical (unpaired) electrons. The molecule has 0 bridgehead atoms. The molecule has 1 saturated heterocycles. The smallest absolute Gasteiger partial charge is 0.326 e. The van der Waals surface area contributed by atoms with Gasteiger partial charge in [0, 0.05) is 6.42 Å². The molecule has 7 heteroatoms. The molecule has 0 aliphatic carbocycles. The topological polar surface area (TPSA) is 85.3 Å². The Bertz CT molecular complexity index is 1140. The van der Waals surface area contributed by atoms with Crippen LogP contribution in [0.3, 0.4) is 0 Å². The highest BCUT2D eigenvalue weighted by molar-refractivity contribution is 5.91. The van der Waals surface area contributed by atoms with Crippen LogP contribution in [-0.4, -0.2) is 49.3 Å². The molecule has 3 aromatic carbocycles. The van der Waals surface area contributed by atoms with Gasteiger partial charge in [0.2, 0.25) is 11.7 Å². The molecule has 1 N–H and O–H groups in total. The van der Waals surface area contributed by atoms with E-state index in [9.17, 15) is 14.7 Å². The van der Waals surface area contributed by atoms with E-state index in [4.69, 9.17) is 14.2 Å². The molecule has 0 spiro atoms. The third-order valence-electron chi connectivity index (χ3n) is 5.94. The zero-order chi connectivity index (χ0) is 22.8. The van der Waals surface area contributed by atoms with Crippen LogP contribution in [0.1, 0.15) is 30.0 Å². The van der Waals surface area contributed by atoms with Gasteiger partial charge in [-0.25, -0.2) is 4.79 Å². The second-order valence-corrected chi connectivity index (χ2v) is 7.62. The average molecular weight is 435 g/mol. The molecule has 1 aliphatic rings. The summed E-state index contributed by atoms with van der Waals surface area (Å²) in [6, 6.07) is 15.7. The lowest BCUT2D eigenvalue weighted by Gasteiger charge is -2.33. The van der Waals surface area contributed by atoms with Gasteiger partial charge in [-0.3, -0.25) is 4.79 Å². The quantitative estimate of drug-likeness (QED) is 0.603. The number of methoxy groups -OCH3 is 3. The number of benzene rings is 3. The van der Waals surface area contributed by atoms with Crippen molar-refractivity contribution in [2.24, 2.45) is 0 Å². The number of carbonyl (C=O) groups is 2. The number of amides is 1. The summed E-state index contributed by atoms with van der Waals surface area (Å²) in [5, 5.41) is 11.8. The fraction of sp³-hybridized carbons (Fsp3) is 0.280. The molecule has 2 atom stereocenters. The van der Waals surface area contributed by atoms with Crippen LogP contribution in [0.15, 0.2) is 54.6 Å². The zero-order valence-corrected chi connectivity index (χ0v) is 18.2. The summed E-state index contributed by atoms with van der Waals surface area (Å²) < 4.78 is 16.5. The van der Waals surface area contributed by atoms with Crippen molar-refractivity contribution < 1.29 is 28.9 Å². The van der Waals surface area contributed by atoms with Crippen molar-refractivity contribution >= 4 is 22.6 Å². The minimum absolute atomic E-state index is 0.183. The number of carbonyl (C=O) groups excluding carboxylic acids is 1. The number of nitrogens with zero attached hydrogens (tertiary/aromatic N) is 1. The number of carboxylic acid groups (broad SMARTS) is 1. The van der Waals surface area contributed by atoms with Crippen LogP contribution in [0, 0.1) is 0 Å². The van der Waals surface area contributed by atoms with Crippen molar-refractivity contribution in [1.29, 1.82) is 0 Å². The van der Waals surface area contributed by atoms with Crippen LogP contribution in [-0.2, 0) is 9.59 Å². The van der Waals surface area contributed by atoms with Gasteiger partial charge in [0.05, 0.1) is 27.4 Å². The van der Waals surface area contributed by atoms with Crippen LogP contribution in [0.5, 0.6) is 17.2 Å². The van der Waals surface area contributed by atoms with Crippen LogP contribution in [0.4, 0.5) is 0 Å². The molecule has 1 aliphatic heterocycles. The lowest BCUT2D eigenvalue weighted by molar-refractivity contribution is -0.147. The number of fused-ring (bicyclic) bond motifs is 1. The predicted molar refractivity (Wildman–Crippen MR) is 119 cm³/mol. The lowest BCUT2D eigenvalue weighted by Crippen LogP contribution is -2.41. The minimum Gasteiger partial charge on any atom is -0.493 e. The number of likely N-dealkylation sites (tertiary alicyclic amines) is 1. The van der Waals surface area contributed by atoms with E-state index in [0.29, 0.717) is 22.8 Å². The summed E-state index contributed by atoms with van der Waals surface area (Å²) in [7, 11) is 4.57. The fourth-order valence-corrected chi connectivity index (χ4v) is 4.51. The maximum Gasteiger partial charge on any atom is 0.326 e. The fourth-order valence-electron chi connectivity index (χ4n) is 4.51. The van der Waals surface area contributed by atoms with E-state index in [1.807, 2.05) is 42.5 Å². The first-order valence-corrected chi connectivity index (χ1v) is 10.3. The largest absolute Gasteiger partial charge is 0.493 e. The molecule has 4 rings (SSSR count). The average Bonchev–Trinajstić information content (AvgIpc) is 3.20. The van der Waals surface area contributed by atoms with Gasteiger partial charge < -0.3 is 24.2 Å². The molecule has 0 aromatic heterocycles. The van der Waals surface area contributed by atoms with Crippen molar-refractivity contribution in [3.8, 4) is 17.2 Å². The minimum atomic E-state index is -1.02.